The molecule has 0 spiro atoms. The molecule has 142 valence electrons. The molecule has 0 radical (unpaired) electrons. The van der Waals surface area contributed by atoms with Crippen molar-refractivity contribution in [2.24, 2.45) is 0 Å². The zero-order chi connectivity index (χ0) is 18.3. The Morgan fingerprint density at radius 3 is 2.58 bits per heavy atom. The Morgan fingerprint density at radius 2 is 1.96 bits per heavy atom. The van der Waals surface area contributed by atoms with Crippen molar-refractivity contribution in [1.29, 1.82) is 0 Å². The van der Waals surface area contributed by atoms with E-state index in [2.05, 4.69) is 16.7 Å². The van der Waals surface area contributed by atoms with E-state index in [0.29, 0.717) is 29.7 Å². The van der Waals surface area contributed by atoms with Crippen molar-refractivity contribution in [2.45, 2.75) is 24.5 Å². The maximum Gasteiger partial charge on any atom is 0.253 e. The Bertz CT molecular complexity index is 666. The summed E-state index contributed by atoms with van der Waals surface area (Å²) >= 11 is 5.95. The smallest absolute Gasteiger partial charge is 0.253 e. The molecule has 3 heterocycles. The van der Waals surface area contributed by atoms with Crippen LogP contribution in [0.3, 0.4) is 0 Å². The first-order valence-electron chi connectivity index (χ1n) is 9.24. The first-order chi connectivity index (χ1) is 12.5. The molecule has 1 N–H and O–H groups in total. The number of carbonyl (C=O) groups excluding carboxylic acids is 1. The van der Waals surface area contributed by atoms with Crippen molar-refractivity contribution in [3.05, 3.63) is 34.9 Å². The summed E-state index contributed by atoms with van der Waals surface area (Å²) in [6, 6.07) is 7.76. The van der Waals surface area contributed by atoms with Gasteiger partial charge in [-0.15, -0.1) is 0 Å². The van der Waals surface area contributed by atoms with E-state index in [1.54, 1.807) is 24.3 Å². The van der Waals surface area contributed by atoms with Crippen LogP contribution < -0.4 is 0 Å². The molecule has 7 heteroatoms. The normalized spacial score (nSPS) is 30.7. The molecule has 0 saturated carbocycles. The number of amides is 1. The lowest BCUT2D eigenvalue weighted by atomic mass is 9.90. The fraction of sp³-hybridized carbons (Fsp3) is 0.632. The first kappa shape index (κ1) is 18.2. The SMILES string of the molecule is CC1(CO)CN(C(=O)c2ccc(Cl)cc2)CC2CN(C3COC3)CCN21. The molecule has 3 aliphatic heterocycles. The van der Waals surface area contributed by atoms with Crippen LogP contribution in [0.2, 0.25) is 5.02 Å². The molecule has 26 heavy (non-hydrogen) atoms. The van der Waals surface area contributed by atoms with Gasteiger partial charge in [0.1, 0.15) is 0 Å². The molecule has 0 bridgehead atoms. The summed E-state index contributed by atoms with van der Waals surface area (Å²) in [6.45, 7) is 7.74. The highest BCUT2D eigenvalue weighted by atomic mass is 35.5. The standard InChI is InChI=1S/C19H26ClN3O3/c1-19(13-24)12-22(18(25)14-2-4-15(20)5-3-14)9-16-8-21(6-7-23(16)19)17-10-26-11-17/h2-5,16-17,24H,6-13H2,1H3. The highest BCUT2D eigenvalue weighted by molar-refractivity contribution is 6.30. The number of fused-ring (bicyclic) bond motifs is 1. The second-order valence-electron chi connectivity index (χ2n) is 7.88. The van der Waals surface area contributed by atoms with Gasteiger partial charge in [-0.3, -0.25) is 14.6 Å². The van der Waals surface area contributed by atoms with Gasteiger partial charge in [0.25, 0.3) is 5.91 Å². The summed E-state index contributed by atoms with van der Waals surface area (Å²) in [5.74, 6) is 0.00472. The summed E-state index contributed by atoms with van der Waals surface area (Å²) in [7, 11) is 0. The summed E-state index contributed by atoms with van der Waals surface area (Å²) in [5, 5.41) is 10.7. The number of carbonyl (C=O) groups is 1. The largest absolute Gasteiger partial charge is 0.394 e. The van der Waals surface area contributed by atoms with Gasteiger partial charge in [0, 0.05) is 49.4 Å². The topological polar surface area (TPSA) is 56.3 Å². The molecule has 2 atom stereocenters. The summed E-state index contributed by atoms with van der Waals surface area (Å²) < 4.78 is 5.34. The number of hydrogen-bond acceptors (Lipinski definition) is 5. The van der Waals surface area contributed by atoms with Crippen molar-refractivity contribution >= 4 is 17.5 Å². The molecule has 2 unspecified atom stereocenters. The third kappa shape index (κ3) is 3.25. The lowest BCUT2D eigenvalue weighted by Crippen LogP contribution is -2.73. The minimum atomic E-state index is -0.410. The van der Waals surface area contributed by atoms with E-state index < -0.39 is 5.54 Å². The molecule has 0 aliphatic carbocycles. The Labute approximate surface area is 159 Å². The van der Waals surface area contributed by atoms with Gasteiger partial charge in [-0.1, -0.05) is 11.6 Å². The summed E-state index contributed by atoms with van der Waals surface area (Å²) in [5.41, 5.74) is 0.232. The van der Waals surface area contributed by atoms with Gasteiger partial charge in [0.15, 0.2) is 0 Å². The van der Waals surface area contributed by atoms with Crippen LogP contribution in [-0.4, -0.2) is 95.9 Å². The van der Waals surface area contributed by atoms with Crippen molar-refractivity contribution < 1.29 is 14.6 Å². The lowest BCUT2D eigenvalue weighted by Gasteiger charge is -2.57. The van der Waals surface area contributed by atoms with E-state index in [1.165, 1.54) is 0 Å². The Morgan fingerprint density at radius 1 is 1.23 bits per heavy atom. The quantitative estimate of drug-likeness (QED) is 0.846. The minimum Gasteiger partial charge on any atom is -0.394 e. The number of aliphatic hydroxyl groups excluding tert-OH is 1. The van der Waals surface area contributed by atoms with Gasteiger partial charge in [0.05, 0.1) is 31.4 Å². The van der Waals surface area contributed by atoms with Crippen molar-refractivity contribution in [1.82, 2.24) is 14.7 Å². The molecule has 0 aromatic heterocycles. The fourth-order valence-corrected chi connectivity index (χ4v) is 4.53. The molecule has 1 amide bonds. The van der Waals surface area contributed by atoms with Crippen LogP contribution in [-0.2, 0) is 4.74 Å². The number of benzene rings is 1. The molecule has 3 saturated heterocycles. The monoisotopic (exact) mass is 379 g/mol. The highest BCUT2D eigenvalue weighted by Gasteiger charge is 2.47. The predicted octanol–water partition coefficient (Wildman–Crippen LogP) is 0.932. The number of halogens is 1. The third-order valence-electron chi connectivity index (χ3n) is 6.03. The molecule has 6 nitrogen and oxygen atoms in total. The van der Waals surface area contributed by atoms with E-state index in [0.717, 1.165) is 32.8 Å². The number of nitrogens with zero attached hydrogens (tertiary/aromatic N) is 3. The van der Waals surface area contributed by atoms with Crippen molar-refractivity contribution in [2.75, 3.05) is 52.5 Å². The van der Waals surface area contributed by atoms with Crippen LogP contribution in [0.1, 0.15) is 17.3 Å². The summed E-state index contributed by atoms with van der Waals surface area (Å²) in [6.07, 6.45) is 0. The highest BCUT2D eigenvalue weighted by Crippen LogP contribution is 2.30. The maximum atomic E-state index is 13.0. The fourth-order valence-electron chi connectivity index (χ4n) is 4.40. The molecule has 3 aliphatic rings. The number of rotatable bonds is 3. The first-order valence-corrected chi connectivity index (χ1v) is 9.62. The lowest BCUT2D eigenvalue weighted by molar-refractivity contribution is -0.124. The number of aliphatic hydroxyl groups is 1. The molecule has 1 aromatic carbocycles. The van der Waals surface area contributed by atoms with Gasteiger partial charge in [-0.25, -0.2) is 0 Å². The van der Waals surface area contributed by atoms with Crippen LogP contribution in [0.25, 0.3) is 0 Å². The maximum absolute atomic E-state index is 13.0. The van der Waals surface area contributed by atoms with Gasteiger partial charge < -0.3 is 14.7 Å². The van der Waals surface area contributed by atoms with Crippen molar-refractivity contribution in [3.63, 3.8) is 0 Å². The number of piperazine rings is 2. The second-order valence-corrected chi connectivity index (χ2v) is 8.32. The van der Waals surface area contributed by atoms with Gasteiger partial charge in [0.2, 0.25) is 0 Å². The van der Waals surface area contributed by atoms with Crippen LogP contribution >= 0.6 is 11.6 Å². The number of ether oxygens (including phenoxy) is 1. The van der Waals surface area contributed by atoms with Crippen molar-refractivity contribution in [3.8, 4) is 0 Å². The second kappa shape index (κ2) is 7.09. The van der Waals surface area contributed by atoms with Gasteiger partial charge in [-0.2, -0.15) is 0 Å². The average molecular weight is 380 g/mol. The van der Waals surface area contributed by atoms with Crippen LogP contribution in [0.15, 0.2) is 24.3 Å². The van der Waals surface area contributed by atoms with E-state index in [-0.39, 0.29) is 18.6 Å². The van der Waals surface area contributed by atoms with Crippen LogP contribution in [0.4, 0.5) is 0 Å². The van der Waals surface area contributed by atoms with Gasteiger partial charge >= 0.3 is 0 Å². The number of hydrogen-bond donors (Lipinski definition) is 1. The molecular formula is C19H26ClN3O3. The third-order valence-corrected chi connectivity index (χ3v) is 6.28. The Kier molecular flexibility index (Phi) is 4.96. The predicted molar refractivity (Wildman–Crippen MR) is 99.5 cm³/mol. The molecular weight excluding hydrogens is 354 g/mol. The minimum absolute atomic E-state index is 0.00472. The summed E-state index contributed by atoms with van der Waals surface area (Å²) in [4.78, 5) is 19.8. The van der Waals surface area contributed by atoms with Crippen LogP contribution in [0, 0.1) is 0 Å². The molecule has 1 aromatic rings. The van der Waals surface area contributed by atoms with Crippen LogP contribution in [0.5, 0.6) is 0 Å². The van der Waals surface area contributed by atoms with Gasteiger partial charge in [-0.05, 0) is 31.2 Å². The zero-order valence-corrected chi connectivity index (χ0v) is 15.9. The van der Waals surface area contributed by atoms with E-state index in [4.69, 9.17) is 16.3 Å². The Balaban J connectivity index is 1.53. The Hall–Kier alpha value is -1.18. The van der Waals surface area contributed by atoms with E-state index >= 15 is 0 Å². The average Bonchev–Trinajstić information content (AvgIpc) is 2.60. The zero-order valence-electron chi connectivity index (χ0n) is 15.1. The molecule has 4 rings (SSSR count). The van der Waals surface area contributed by atoms with E-state index in [1.807, 2.05) is 4.90 Å². The van der Waals surface area contributed by atoms with E-state index in [9.17, 15) is 9.90 Å². The molecule has 3 fully saturated rings.